The third kappa shape index (κ3) is 2.85. The lowest BCUT2D eigenvalue weighted by atomic mass is 9.90. The summed E-state index contributed by atoms with van der Waals surface area (Å²) in [6.07, 6.45) is 3.82. The number of carbonyl (C=O) groups is 2. The minimum atomic E-state index is -1.06. The van der Waals surface area contributed by atoms with Crippen molar-refractivity contribution in [1.29, 1.82) is 0 Å². The maximum Gasteiger partial charge on any atom is 0.329 e. The van der Waals surface area contributed by atoms with E-state index >= 15 is 0 Å². The molecule has 0 aromatic carbocycles. The molecule has 2 N–H and O–H groups in total. The highest BCUT2D eigenvalue weighted by atomic mass is 16.4. The van der Waals surface area contributed by atoms with Crippen LogP contribution in [-0.4, -0.2) is 39.6 Å². The lowest BCUT2D eigenvalue weighted by Gasteiger charge is -2.37. The zero-order valence-electron chi connectivity index (χ0n) is 12.5. The van der Waals surface area contributed by atoms with Crippen LogP contribution in [0.25, 0.3) is 0 Å². The van der Waals surface area contributed by atoms with E-state index in [1.165, 1.54) is 4.90 Å². The van der Waals surface area contributed by atoms with Gasteiger partial charge in [-0.1, -0.05) is 20.8 Å². The van der Waals surface area contributed by atoms with Crippen molar-refractivity contribution in [2.45, 2.75) is 70.9 Å². The van der Waals surface area contributed by atoms with Gasteiger partial charge >= 0.3 is 12.0 Å². The van der Waals surface area contributed by atoms with E-state index in [0.29, 0.717) is 13.0 Å². The first-order valence-corrected chi connectivity index (χ1v) is 7.18. The van der Waals surface area contributed by atoms with E-state index in [0.717, 1.165) is 25.7 Å². The SMILES string of the molecule is CCC(CC)(CC)NC(=O)N1CCCC1(C)C(=O)O. The molecule has 1 rings (SSSR count). The molecular weight excluding hydrogens is 244 g/mol. The van der Waals surface area contributed by atoms with Crippen LogP contribution in [0.4, 0.5) is 4.79 Å². The molecule has 0 radical (unpaired) electrons. The molecule has 2 amide bonds. The van der Waals surface area contributed by atoms with Crippen LogP contribution in [0.15, 0.2) is 0 Å². The van der Waals surface area contributed by atoms with E-state index in [2.05, 4.69) is 5.32 Å². The maximum absolute atomic E-state index is 12.4. The Morgan fingerprint density at radius 3 is 2.21 bits per heavy atom. The number of carboxylic acid groups (broad SMARTS) is 1. The smallest absolute Gasteiger partial charge is 0.329 e. The van der Waals surface area contributed by atoms with Crippen molar-refractivity contribution < 1.29 is 14.7 Å². The van der Waals surface area contributed by atoms with Gasteiger partial charge in [-0.15, -0.1) is 0 Å². The summed E-state index contributed by atoms with van der Waals surface area (Å²) in [5, 5.41) is 12.4. The van der Waals surface area contributed by atoms with Crippen LogP contribution in [-0.2, 0) is 4.79 Å². The van der Waals surface area contributed by atoms with Crippen LogP contribution < -0.4 is 5.32 Å². The molecule has 5 heteroatoms. The number of hydrogen-bond donors (Lipinski definition) is 2. The summed E-state index contributed by atoms with van der Waals surface area (Å²) >= 11 is 0. The molecule has 1 atom stereocenters. The second-order valence-electron chi connectivity index (χ2n) is 5.61. The number of hydrogen-bond acceptors (Lipinski definition) is 2. The van der Waals surface area contributed by atoms with Gasteiger partial charge in [-0.3, -0.25) is 0 Å². The van der Waals surface area contributed by atoms with Gasteiger partial charge in [0.25, 0.3) is 0 Å². The summed E-state index contributed by atoms with van der Waals surface area (Å²) in [4.78, 5) is 25.3. The maximum atomic E-state index is 12.4. The van der Waals surface area contributed by atoms with Crippen molar-refractivity contribution in [2.75, 3.05) is 6.54 Å². The number of nitrogens with one attached hydrogen (secondary N) is 1. The lowest BCUT2D eigenvalue weighted by molar-refractivity contribution is -0.147. The molecule has 0 bridgehead atoms. The summed E-state index contributed by atoms with van der Waals surface area (Å²) in [6, 6.07) is -0.243. The molecule has 1 aliphatic heterocycles. The molecule has 110 valence electrons. The van der Waals surface area contributed by atoms with Crippen LogP contribution >= 0.6 is 0 Å². The van der Waals surface area contributed by atoms with Gasteiger partial charge in [-0.05, 0) is 39.0 Å². The van der Waals surface area contributed by atoms with Crippen LogP contribution in [0, 0.1) is 0 Å². The second kappa shape index (κ2) is 5.80. The average Bonchev–Trinajstić information content (AvgIpc) is 2.79. The van der Waals surface area contributed by atoms with Crippen molar-refractivity contribution in [3.63, 3.8) is 0 Å². The number of rotatable bonds is 5. The third-order valence-electron chi connectivity index (χ3n) is 4.75. The van der Waals surface area contributed by atoms with Crippen molar-refractivity contribution >= 4 is 12.0 Å². The highest BCUT2D eigenvalue weighted by Gasteiger charge is 2.46. The molecule has 0 aromatic heterocycles. The number of urea groups is 1. The van der Waals surface area contributed by atoms with E-state index < -0.39 is 11.5 Å². The fourth-order valence-corrected chi connectivity index (χ4v) is 2.82. The number of likely N-dealkylation sites (tertiary alicyclic amines) is 1. The van der Waals surface area contributed by atoms with Crippen molar-refractivity contribution in [1.82, 2.24) is 10.2 Å². The summed E-state index contributed by atoms with van der Waals surface area (Å²) in [5.41, 5.74) is -1.29. The monoisotopic (exact) mass is 270 g/mol. The van der Waals surface area contributed by atoms with E-state index in [-0.39, 0.29) is 11.6 Å². The highest BCUT2D eigenvalue weighted by Crippen LogP contribution is 2.30. The molecule has 1 saturated heterocycles. The standard InChI is InChI=1S/C14H26N2O3/c1-5-14(6-2,7-3)15-12(19)16-10-8-9-13(16,4)11(17)18/h5-10H2,1-4H3,(H,15,19)(H,17,18). The molecule has 0 aliphatic carbocycles. The summed E-state index contributed by atoms with van der Waals surface area (Å²) in [5.74, 6) is -0.921. The van der Waals surface area contributed by atoms with E-state index in [4.69, 9.17) is 0 Å². The van der Waals surface area contributed by atoms with Gasteiger partial charge in [0.1, 0.15) is 5.54 Å². The van der Waals surface area contributed by atoms with Crippen molar-refractivity contribution in [2.24, 2.45) is 0 Å². The second-order valence-corrected chi connectivity index (χ2v) is 5.61. The Morgan fingerprint density at radius 2 is 1.79 bits per heavy atom. The Hall–Kier alpha value is -1.26. The van der Waals surface area contributed by atoms with Gasteiger partial charge in [0, 0.05) is 12.1 Å². The average molecular weight is 270 g/mol. The first-order chi connectivity index (χ1) is 8.85. The zero-order chi connectivity index (χ0) is 14.7. The van der Waals surface area contributed by atoms with Gasteiger partial charge in [0.2, 0.25) is 0 Å². The van der Waals surface area contributed by atoms with Crippen molar-refractivity contribution in [3.05, 3.63) is 0 Å². The van der Waals surface area contributed by atoms with Gasteiger partial charge in [0.15, 0.2) is 0 Å². The minimum absolute atomic E-state index is 0.223. The van der Waals surface area contributed by atoms with Gasteiger partial charge in [0.05, 0.1) is 0 Å². The van der Waals surface area contributed by atoms with Crippen molar-refractivity contribution in [3.8, 4) is 0 Å². The van der Waals surface area contributed by atoms with E-state index in [1.54, 1.807) is 6.92 Å². The van der Waals surface area contributed by atoms with Crippen LogP contribution in [0.2, 0.25) is 0 Å². The number of carbonyl (C=O) groups excluding carboxylic acids is 1. The van der Waals surface area contributed by atoms with Crippen LogP contribution in [0.5, 0.6) is 0 Å². The molecule has 1 aliphatic rings. The quantitative estimate of drug-likeness (QED) is 0.806. The molecule has 19 heavy (non-hydrogen) atoms. The van der Waals surface area contributed by atoms with Gasteiger partial charge in [-0.2, -0.15) is 0 Å². The summed E-state index contributed by atoms with van der Waals surface area (Å²) in [6.45, 7) is 8.30. The lowest BCUT2D eigenvalue weighted by Crippen LogP contribution is -2.58. The molecule has 1 heterocycles. The molecule has 0 saturated carbocycles. The Morgan fingerprint density at radius 1 is 1.26 bits per heavy atom. The summed E-state index contributed by atoms with van der Waals surface area (Å²) < 4.78 is 0. The number of nitrogens with zero attached hydrogens (tertiary/aromatic N) is 1. The Bertz CT molecular complexity index is 344. The Balaban J connectivity index is 2.86. The molecule has 1 unspecified atom stereocenters. The van der Waals surface area contributed by atoms with Gasteiger partial charge < -0.3 is 15.3 Å². The van der Waals surface area contributed by atoms with E-state index in [1.807, 2.05) is 20.8 Å². The normalized spacial score (nSPS) is 23.5. The molecular formula is C14H26N2O3. The fourth-order valence-electron chi connectivity index (χ4n) is 2.82. The fraction of sp³-hybridized carbons (Fsp3) is 0.857. The van der Waals surface area contributed by atoms with Crippen LogP contribution in [0.1, 0.15) is 59.8 Å². The number of amides is 2. The number of carboxylic acids is 1. The van der Waals surface area contributed by atoms with Gasteiger partial charge in [-0.25, -0.2) is 9.59 Å². The Labute approximate surface area is 115 Å². The zero-order valence-corrected chi connectivity index (χ0v) is 12.5. The molecule has 1 fully saturated rings. The summed E-state index contributed by atoms with van der Waals surface area (Å²) in [7, 11) is 0. The molecule has 0 aromatic rings. The highest BCUT2D eigenvalue weighted by molar-refractivity contribution is 5.87. The molecule has 0 spiro atoms. The largest absolute Gasteiger partial charge is 0.480 e. The molecule has 5 nitrogen and oxygen atoms in total. The first kappa shape index (κ1) is 15.8. The first-order valence-electron chi connectivity index (χ1n) is 7.18. The topological polar surface area (TPSA) is 69.6 Å². The third-order valence-corrected chi connectivity index (χ3v) is 4.75. The van der Waals surface area contributed by atoms with Crippen LogP contribution in [0.3, 0.4) is 0 Å². The number of aliphatic carboxylic acids is 1. The van der Waals surface area contributed by atoms with E-state index in [9.17, 15) is 14.7 Å². The minimum Gasteiger partial charge on any atom is -0.480 e. The predicted molar refractivity (Wildman–Crippen MR) is 74.1 cm³/mol. The Kier molecular flexibility index (Phi) is 4.82. The predicted octanol–water partition coefficient (Wildman–Crippen LogP) is 2.60.